The Kier molecular flexibility index (Phi) is 3.27. The standard InChI is InChI=1S/C15H14N4O2/c1-11-16-7-8-18(11)10-12-9-14(15(20)21)19(17-12)13-5-3-2-4-6-13/h2-9H,10H2,1H3,(H,20,21). The number of para-hydroxylation sites is 1. The van der Waals surface area contributed by atoms with Crippen LogP contribution in [0.1, 0.15) is 22.0 Å². The largest absolute Gasteiger partial charge is 0.477 e. The van der Waals surface area contributed by atoms with Gasteiger partial charge in [-0.25, -0.2) is 14.5 Å². The Bertz CT molecular complexity index is 774. The van der Waals surface area contributed by atoms with Gasteiger partial charge in [0.25, 0.3) is 0 Å². The lowest BCUT2D eigenvalue weighted by Gasteiger charge is -2.04. The van der Waals surface area contributed by atoms with Gasteiger partial charge < -0.3 is 9.67 Å². The second-order valence-corrected chi connectivity index (χ2v) is 4.68. The van der Waals surface area contributed by atoms with Crippen LogP contribution in [-0.2, 0) is 6.54 Å². The number of carboxylic acids is 1. The van der Waals surface area contributed by atoms with Crippen LogP contribution in [0, 0.1) is 6.92 Å². The summed E-state index contributed by atoms with van der Waals surface area (Å²) < 4.78 is 3.37. The van der Waals surface area contributed by atoms with Crippen molar-refractivity contribution in [2.24, 2.45) is 0 Å². The topological polar surface area (TPSA) is 72.9 Å². The van der Waals surface area contributed by atoms with Crippen molar-refractivity contribution in [1.29, 1.82) is 0 Å². The summed E-state index contributed by atoms with van der Waals surface area (Å²) in [6.07, 6.45) is 3.55. The van der Waals surface area contributed by atoms with Crippen molar-refractivity contribution in [3.63, 3.8) is 0 Å². The first kappa shape index (κ1) is 13.1. The van der Waals surface area contributed by atoms with Crippen LogP contribution in [-0.4, -0.2) is 30.4 Å². The van der Waals surface area contributed by atoms with E-state index in [4.69, 9.17) is 0 Å². The Hall–Kier alpha value is -2.89. The molecule has 0 aliphatic carbocycles. The number of carboxylic acid groups (broad SMARTS) is 1. The van der Waals surface area contributed by atoms with Gasteiger partial charge in [0.1, 0.15) is 5.82 Å². The lowest BCUT2D eigenvalue weighted by Crippen LogP contribution is -2.08. The minimum atomic E-state index is -1.00. The summed E-state index contributed by atoms with van der Waals surface area (Å²) in [6.45, 7) is 2.39. The van der Waals surface area contributed by atoms with Crippen LogP contribution in [0.15, 0.2) is 48.8 Å². The van der Waals surface area contributed by atoms with Gasteiger partial charge in [-0.15, -0.1) is 0 Å². The van der Waals surface area contributed by atoms with Crippen LogP contribution >= 0.6 is 0 Å². The maximum atomic E-state index is 11.4. The van der Waals surface area contributed by atoms with Gasteiger partial charge >= 0.3 is 5.97 Å². The zero-order chi connectivity index (χ0) is 14.8. The predicted octanol–water partition coefficient (Wildman–Crippen LogP) is 2.12. The Balaban J connectivity index is 2.01. The molecule has 0 atom stereocenters. The normalized spacial score (nSPS) is 10.7. The van der Waals surface area contributed by atoms with E-state index in [0.29, 0.717) is 12.2 Å². The minimum Gasteiger partial charge on any atom is -0.477 e. The molecule has 6 heteroatoms. The third-order valence-electron chi connectivity index (χ3n) is 3.24. The molecule has 1 N–H and O–H groups in total. The van der Waals surface area contributed by atoms with Gasteiger partial charge in [-0.1, -0.05) is 18.2 Å². The molecular weight excluding hydrogens is 268 g/mol. The molecule has 21 heavy (non-hydrogen) atoms. The number of aryl methyl sites for hydroxylation is 1. The fourth-order valence-corrected chi connectivity index (χ4v) is 2.17. The summed E-state index contributed by atoms with van der Waals surface area (Å²) in [4.78, 5) is 15.5. The highest BCUT2D eigenvalue weighted by Gasteiger charge is 2.16. The molecule has 3 rings (SSSR count). The van der Waals surface area contributed by atoms with Crippen LogP contribution in [0.5, 0.6) is 0 Å². The van der Waals surface area contributed by atoms with Crippen LogP contribution in [0.4, 0.5) is 0 Å². The monoisotopic (exact) mass is 282 g/mol. The highest BCUT2D eigenvalue weighted by Crippen LogP contribution is 2.14. The smallest absolute Gasteiger partial charge is 0.354 e. The number of benzene rings is 1. The van der Waals surface area contributed by atoms with E-state index in [1.807, 2.05) is 48.0 Å². The van der Waals surface area contributed by atoms with Crippen molar-refractivity contribution in [2.45, 2.75) is 13.5 Å². The highest BCUT2D eigenvalue weighted by molar-refractivity contribution is 5.86. The molecule has 0 bridgehead atoms. The van der Waals surface area contributed by atoms with Crippen molar-refractivity contribution in [1.82, 2.24) is 19.3 Å². The van der Waals surface area contributed by atoms with Crippen molar-refractivity contribution in [3.8, 4) is 5.69 Å². The van der Waals surface area contributed by atoms with Gasteiger partial charge in [-0.05, 0) is 25.1 Å². The zero-order valence-electron chi connectivity index (χ0n) is 11.5. The molecule has 0 amide bonds. The van der Waals surface area contributed by atoms with E-state index in [-0.39, 0.29) is 5.69 Å². The Morgan fingerprint density at radius 1 is 1.29 bits per heavy atom. The van der Waals surface area contributed by atoms with E-state index in [9.17, 15) is 9.90 Å². The number of imidazole rings is 1. The summed E-state index contributed by atoms with van der Waals surface area (Å²) in [7, 11) is 0. The molecule has 0 aliphatic rings. The number of rotatable bonds is 4. The molecule has 0 unspecified atom stereocenters. The molecule has 0 fully saturated rings. The number of carbonyl (C=O) groups is 1. The van der Waals surface area contributed by atoms with Crippen molar-refractivity contribution < 1.29 is 9.90 Å². The zero-order valence-corrected chi connectivity index (χ0v) is 11.5. The molecule has 2 heterocycles. The van der Waals surface area contributed by atoms with Gasteiger partial charge in [-0.2, -0.15) is 5.10 Å². The number of aromatic nitrogens is 4. The van der Waals surface area contributed by atoms with Gasteiger partial charge in [0.15, 0.2) is 5.69 Å². The minimum absolute atomic E-state index is 0.147. The summed E-state index contributed by atoms with van der Waals surface area (Å²) in [5, 5.41) is 13.7. The first-order valence-electron chi connectivity index (χ1n) is 6.50. The van der Waals surface area contributed by atoms with E-state index >= 15 is 0 Å². The van der Waals surface area contributed by atoms with Crippen LogP contribution in [0.2, 0.25) is 0 Å². The van der Waals surface area contributed by atoms with Gasteiger partial charge in [-0.3, -0.25) is 0 Å². The number of aromatic carboxylic acids is 1. The maximum absolute atomic E-state index is 11.4. The molecule has 0 spiro atoms. The summed E-state index contributed by atoms with van der Waals surface area (Å²) >= 11 is 0. The number of nitrogens with zero attached hydrogens (tertiary/aromatic N) is 4. The number of hydrogen-bond donors (Lipinski definition) is 1. The van der Waals surface area contributed by atoms with Crippen molar-refractivity contribution in [3.05, 3.63) is 66.0 Å². The molecule has 2 aromatic heterocycles. The summed E-state index contributed by atoms with van der Waals surface area (Å²) in [5.74, 6) is -0.138. The molecule has 1 aromatic carbocycles. The first-order valence-corrected chi connectivity index (χ1v) is 6.50. The SMILES string of the molecule is Cc1nccn1Cc1cc(C(=O)O)n(-c2ccccc2)n1. The highest BCUT2D eigenvalue weighted by atomic mass is 16.4. The van der Waals surface area contributed by atoms with Crippen molar-refractivity contribution >= 4 is 5.97 Å². The predicted molar refractivity (Wildman–Crippen MR) is 76.6 cm³/mol. The third kappa shape index (κ3) is 2.55. The Morgan fingerprint density at radius 2 is 2.05 bits per heavy atom. The lowest BCUT2D eigenvalue weighted by molar-refractivity contribution is 0.0687. The fraction of sp³-hybridized carbons (Fsp3) is 0.133. The second-order valence-electron chi connectivity index (χ2n) is 4.68. The fourth-order valence-electron chi connectivity index (χ4n) is 2.17. The third-order valence-corrected chi connectivity index (χ3v) is 3.24. The van der Waals surface area contributed by atoms with Gasteiger partial charge in [0, 0.05) is 12.4 Å². The molecule has 0 radical (unpaired) electrons. The Labute approximate surface area is 121 Å². The maximum Gasteiger partial charge on any atom is 0.354 e. The van der Waals surface area contributed by atoms with Gasteiger partial charge in [0.05, 0.1) is 17.9 Å². The molecule has 3 aromatic rings. The second kappa shape index (κ2) is 5.24. The lowest BCUT2D eigenvalue weighted by atomic mass is 10.3. The van der Waals surface area contributed by atoms with Crippen LogP contribution in [0.25, 0.3) is 5.69 Å². The summed E-state index contributed by atoms with van der Waals surface area (Å²) in [6, 6.07) is 10.8. The van der Waals surface area contributed by atoms with Gasteiger partial charge in [0.2, 0.25) is 0 Å². The molecule has 0 aliphatic heterocycles. The van der Waals surface area contributed by atoms with E-state index in [0.717, 1.165) is 11.5 Å². The van der Waals surface area contributed by atoms with E-state index in [1.54, 1.807) is 12.3 Å². The molecule has 0 saturated carbocycles. The average Bonchev–Trinajstić information content (AvgIpc) is 3.08. The van der Waals surface area contributed by atoms with Crippen LogP contribution < -0.4 is 0 Å². The molecule has 6 nitrogen and oxygen atoms in total. The first-order chi connectivity index (χ1) is 10.1. The Morgan fingerprint density at radius 3 is 2.67 bits per heavy atom. The van der Waals surface area contributed by atoms with Crippen LogP contribution in [0.3, 0.4) is 0 Å². The van der Waals surface area contributed by atoms with E-state index in [1.165, 1.54) is 4.68 Å². The molecule has 106 valence electrons. The summed E-state index contributed by atoms with van der Waals surface area (Å²) in [5.41, 5.74) is 1.55. The van der Waals surface area contributed by atoms with Crippen molar-refractivity contribution in [2.75, 3.05) is 0 Å². The quantitative estimate of drug-likeness (QED) is 0.795. The van der Waals surface area contributed by atoms with E-state index in [2.05, 4.69) is 10.1 Å². The van der Waals surface area contributed by atoms with E-state index < -0.39 is 5.97 Å². The average molecular weight is 282 g/mol. The molecular formula is C15H14N4O2. The number of hydrogen-bond acceptors (Lipinski definition) is 3. The molecule has 0 saturated heterocycles.